The summed E-state index contributed by atoms with van der Waals surface area (Å²) in [5.41, 5.74) is 0. The van der Waals surface area contributed by atoms with Crippen LogP contribution in [0.3, 0.4) is 0 Å². The van der Waals surface area contributed by atoms with Crippen LogP contribution in [-0.4, -0.2) is 23.4 Å². The fourth-order valence-corrected chi connectivity index (χ4v) is 1.56. The maximum atomic E-state index is 11.2. The van der Waals surface area contributed by atoms with Crippen molar-refractivity contribution in [1.82, 2.24) is 4.90 Å². The van der Waals surface area contributed by atoms with E-state index in [0.717, 1.165) is 12.8 Å². The van der Waals surface area contributed by atoms with E-state index in [4.69, 9.17) is 5.26 Å². The SMILES string of the molecule is N#C[C@@H]1CC(=O)N(C2CC2)C1. The normalized spacial score (nSPS) is 30.6. The fraction of sp³-hybridized carbons (Fsp3) is 0.750. The van der Waals surface area contributed by atoms with Gasteiger partial charge in [-0.05, 0) is 12.8 Å². The largest absolute Gasteiger partial charge is 0.338 e. The van der Waals surface area contributed by atoms with Crippen molar-refractivity contribution in [3.05, 3.63) is 0 Å². The molecular formula is C8H10N2O. The van der Waals surface area contributed by atoms with Crippen molar-refractivity contribution in [1.29, 1.82) is 5.26 Å². The first kappa shape index (κ1) is 6.66. The van der Waals surface area contributed by atoms with Gasteiger partial charge in [0.05, 0.1) is 12.0 Å². The maximum absolute atomic E-state index is 11.2. The first-order valence-electron chi connectivity index (χ1n) is 4.00. The van der Waals surface area contributed by atoms with Gasteiger partial charge in [-0.1, -0.05) is 0 Å². The van der Waals surface area contributed by atoms with Crippen LogP contribution in [0, 0.1) is 17.2 Å². The van der Waals surface area contributed by atoms with Crippen molar-refractivity contribution in [3.63, 3.8) is 0 Å². The molecule has 3 heteroatoms. The van der Waals surface area contributed by atoms with Gasteiger partial charge in [0.15, 0.2) is 0 Å². The topological polar surface area (TPSA) is 44.1 Å². The molecule has 1 saturated heterocycles. The van der Waals surface area contributed by atoms with E-state index in [-0.39, 0.29) is 11.8 Å². The van der Waals surface area contributed by atoms with Crippen LogP contribution in [0.15, 0.2) is 0 Å². The zero-order valence-corrected chi connectivity index (χ0v) is 6.29. The standard InChI is InChI=1S/C8H10N2O/c9-4-6-3-8(11)10(5-6)7-1-2-7/h6-7H,1-3,5H2/t6-/m0/s1. The van der Waals surface area contributed by atoms with Crippen molar-refractivity contribution in [2.24, 2.45) is 5.92 Å². The highest BCUT2D eigenvalue weighted by molar-refractivity contribution is 5.79. The van der Waals surface area contributed by atoms with E-state index in [1.54, 1.807) is 0 Å². The molecule has 58 valence electrons. The summed E-state index contributed by atoms with van der Waals surface area (Å²) in [5, 5.41) is 8.57. The van der Waals surface area contributed by atoms with Crippen molar-refractivity contribution >= 4 is 5.91 Å². The van der Waals surface area contributed by atoms with Crippen LogP contribution < -0.4 is 0 Å². The van der Waals surface area contributed by atoms with E-state index >= 15 is 0 Å². The van der Waals surface area contributed by atoms with Crippen LogP contribution in [-0.2, 0) is 4.79 Å². The quantitative estimate of drug-likeness (QED) is 0.547. The van der Waals surface area contributed by atoms with Crippen LogP contribution >= 0.6 is 0 Å². The van der Waals surface area contributed by atoms with Crippen molar-refractivity contribution < 1.29 is 4.79 Å². The van der Waals surface area contributed by atoms with E-state index in [0.29, 0.717) is 19.0 Å². The van der Waals surface area contributed by atoms with Crippen LogP contribution in [0.2, 0.25) is 0 Å². The summed E-state index contributed by atoms with van der Waals surface area (Å²) in [6, 6.07) is 2.63. The monoisotopic (exact) mass is 150 g/mol. The molecule has 11 heavy (non-hydrogen) atoms. The number of amides is 1. The van der Waals surface area contributed by atoms with E-state index in [1.165, 1.54) is 0 Å². The Morgan fingerprint density at radius 2 is 2.27 bits per heavy atom. The lowest BCUT2D eigenvalue weighted by molar-refractivity contribution is -0.128. The molecule has 0 unspecified atom stereocenters. The minimum absolute atomic E-state index is 0.0388. The summed E-state index contributed by atoms with van der Waals surface area (Å²) in [5.74, 6) is 0.141. The maximum Gasteiger partial charge on any atom is 0.224 e. The number of carbonyl (C=O) groups is 1. The summed E-state index contributed by atoms with van der Waals surface area (Å²) in [6.45, 7) is 0.681. The van der Waals surface area contributed by atoms with Crippen LogP contribution in [0.5, 0.6) is 0 Å². The summed E-state index contributed by atoms with van der Waals surface area (Å²) >= 11 is 0. The molecule has 1 aliphatic heterocycles. The van der Waals surface area contributed by atoms with E-state index in [1.807, 2.05) is 4.90 Å². The average molecular weight is 150 g/mol. The molecule has 2 aliphatic rings. The number of carbonyl (C=O) groups excluding carboxylic acids is 1. The number of likely N-dealkylation sites (tertiary alicyclic amines) is 1. The minimum Gasteiger partial charge on any atom is -0.338 e. The van der Waals surface area contributed by atoms with Crippen LogP contribution in [0.4, 0.5) is 0 Å². The second-order valence-corrected chi connectivity index (χ2v) is 3.31. The Kier molecular flexibility index (Phi) is 1.35. The van der Waals surface area contributed by atoms with Gasteiger partial charge in [-0.3, -0.25) is 4.79 Å². The summed E-state index contributed by atoms with van der Waals surface area (Å²) in [6.07, 6.45) is 2.74. The highest BCUT2D eigenvalue weighted by Gasteiger charge is 2.39. The molecule has 2 rings (SSSR count). The zero-order chi connectivity index (χ0) is 7.84. The molecule has 0 aromatic heterocycles. The van der Waals surface area contributed by atoms with E-state index < -0.39 is 0 Å². The number of hydrogen-bond donors (Lipinski definition) is 0. The lowest BCUT2D eigenvalue weighted by Gasteiger charge is -2.13. The van der Waals surface area contributed by atoms with Gasteiger partial charge in [-0.25, -0.2) is 0 Å². The van der Waals surface area contributed by atoms with E-state index in [2.05, 4.69) is 6.07 Å². The molecule has 0 aromatic carbocycles. The van der Waals surface area contributed by atoms with Gasteiger partial charge in [0.1, 0.15) is 0 Å². The highest BCUT2D eigenvalue weighted by atomic mass is 16.2. The lowest BCUT2D eigenvalue weighted by atomic mass is 10.1. The molecule has 3 nitrogen and oxygen atoms in total. The Labute approximate surface area is 65.6 Å². The van der Waals surface area contributed by atoms with E-state index in [9.17, 15) is 4.79 Å². The third-order valence-electron chi connectivity index (χ3n) is 2.33. The Morgan fingerprint density at radius 3 is 2.73 bits per heavy atom. The van der Waals surface area contributed by atoms with Crippen molar-refractivity contribution in [3.8, 4) is 6.07 Å². The first-order valence-corrected chi connectivity index (χ1v) is 4.00. The van der Waals surface area contributed by atoms with Gasteiger partial charge >= 0.3 is 0 Å². The third-order valence-corrected chi connectivity index (χ3v) is 2.33. The van der Waals surface area contributed by atoms with Crippen molar-refractivity contribution in [2.45, 2.75) is 25.3 Å². The van der Waals surface area contributed by atoms with Gasteiger partial charge in [0, 0.05) is 19.0 Å². The number of hydrogen-bond acceptors (Lipinski definition) is 2. The molecule has 0 spiro atoms. The zero-order valence-electron chi connectivity index (χ0n) is 6.29. The second-order valence-electron chi connectivity index (χ2n) is 3.31. The molecule has 1 aliphatic carbocycles. The molecule has 0 aromatic rings. The average Bonchev–Trinajstić information content (AvgIpc) is 2.76. The predicted octanol–water partition coefficient (Wildman–Crippen LogP) is 0.521. The van der Waals surface area contributed by atoms with Crippen LogP contribution in [0.25, 0.3) is 0 Å². The Balaban J connectivity index is 2.02. The summed E-state index contributed by atoms with van der Waals surface area (Å²) < 4.78 is 0. The minimum atomic E-state index is -0.0388. The number of nitrogens with zero attached hydrogens (tertiary/aromatic N) is 2. The smallest absolute Gasteiger partial charge is 0.224 e. The highest BCUT2D eigenvalue weighted by Crippen LogP contribution is 2.32. The molecule has 0 bridgehead atoms. The van der Waals surface area contributed by atoms with Gasteiger partial charge in [-0.2, -0.15) is 5.26 Å². The third kappa shape index (κ3) is 1.09. The molecule has 1 amide bonds. The van der Waals surface area contributed by atoms with Crippen molar-refractivity contribution in [2.75, 3.05) is 6.54 Å². The van der Waals surface area contributed by atoms with Gasteiger partial charge < -0.3 is 4.90 Å². The molecule has 2 fully saturated rings. The Bertz CT molecular complexity index is 227. The summed E-state index contributed by atoms with van der Waals surface area (Å²) in [7, 11) is 0. The Hall–Kier alpha value is -1.04. The second kappa shape index (κ2) is 2.23. The van der Waals surface area contributed by atoms with Gasteiger partial charge in [-0.15, -0.1) is 0 Å². The van der Waals surface area contributed by atoms with Gasteiger partial charge in [0.25, 0.3) is 0 Å². The number of nitriles is 1. The molecule has 0 N–H and O–H groups in total. The Morgan fingerprint density at radius 1 is 1.55 bits per heavy atom. The molecule has 1 saturated carbocycles. The molecular weight excluding hydrogens is 140 g/mol. The van der Waals surface area contributed by atoms with Gasteiger partial charge in [0.2, 0.25) is 5.91 Å². The lowest BCUT2D eigenvalue weighted by Crippen LogP contribution is -2.27. The molecule has 1 atom stereocenters. The van der Waals surface area contributed by atoms with Crippen LogP contribution in [0.1, 0.15) is 19.3 Å². The summed E-state index contributed by atoms with van der Waals surface area (Å²) in [4.78, 5) is 13.1. The number of rotatable bonds is 1. The first-order chi connectivity index (χ1) is 5.31. The predicted molar refractivity (Wildman–Crippen MR) is 38.5 cm³/mol. The molecule has 0 radical (unpaired) electrons. The fourth-order valence-electron chi connectivity index (χ4n) is 1.56. The molecule has 1 heterocycles.